The highest BCUT2D eigenvalue weighted by atomic mass is 32.2. The molecule has 0 unspecified atom stereocenters. The second-order valence-electron chi connectivity index (χ2n) is 8.46. The number of para-hydroxylation sites is 1. The number of aromatic amines is 2. The Morgan fingerprint density at radius 3 is 2.62 bits per heavy atom. The molecule has 32 heavy (non-hydrogen) atoms. The van der Waals surface area contributed by atoms with Crippen molar-refractivity contribution in [2.45, 2.75) is 57.0 Å². The summed E-state index contributed by atoms with van der Waals surface area (Å²) in [6.07, 6.45) is 4.14. The van der Waals surface area contributed by atoms with Crippen molar-refractivity contribution in [2.24, 2.45) is 0 Å². The zero-order valence-electron chi connectivity index (χ0n) is 18.5. The summed E-state index contributed by atoms with van der Waals surface area (Å²) in [7, 11) is 0. The Morgan fingerprint density at radius 2 is 1.94 bits per heavy atom. The first-order valence-electron chi connectivity index (χ1n) is 10.8. The van der Waals surface area contributed by atoms with E-state index in [9.17, 15) is 9.59 Å². The molecule has 0 radical (unpaired) electrons. The van der Waals surface area contributed by atoms with E-state index in [4.69, 9.17) is 0 Å². The first kappa shape index (κ1) is 20.8. The van der Waals surface area contributed by atoms with E-state index in [1.807, 2.05) is 45.2 Å². The van der Waals surface area contributed by atoms with Crippen molar-refractivity contribution in [1.29, 1.82) is 0 Å². The highest BCUT2D eigenvalue weighted by Gasteiger charge is 2.33. The number of ketones is 2. The van der Waals surface area contributed by atoms with Crippen LogP contribution in [0, 0.1) is 13.8 Å². The molecule has 0 aliphatic heterocycles. The van der Waals surface area contributed by atoms with E-state index in [2.05, 4.69) is 30.8 Å². The predicted octanol–water partition coefficient (Wildman–Crippen LogP) is 5.27. The molecule has 8 heteroatoms. The number of Topliss-reactive ketones (excluding diaryl/α,β-unsaturated/α-hetero) is 2. The van der Waals surface area contributed by atoms with Gasteiger partial charge in [-0.15, -0.1) is 10.2 Å². The lowest BCUT2D eigenvalue weighted by Gasteiger charge is -2.12. The smallest absolute Gasteiger partial charge is 0.192 e. The standard InChI is InChI=1S/C24H25N5O2S/c1-12-20(14(3)30)13(2)26-21(12)22(31)15(4)32-24-28-27-23(29(24)16-9-10-16)18-11-25-19-8-6-5-7-17(18)19/h5-8,11,15-16,25-26H,9-10H2,1-4H3/t15-/m1/s1. The number of nitrogens with zero attached hydrogens (tertiary/aromatic N) is 3. The maximum Gasteiger partial charge on any atom is 0.192 e. The fourth-order valence-electron chi connectivity index (χ4n) is 4.40. The first-order valence-corrected chi connectivity index (χ1v) is 11.7. The number of benzene rings is 1. The Kier molecular flexibility index (Phi) is 5.04. The largest absolute Gasteiger partial charge is 0.360 e. The number of fused-ring (bicyclic) bond motifs is 1. The van der Waals surface area contributed by atoms with Crippen molar-refractivity contribution in [3.05, 3.63) is 53.0 Å². The summed E-state index contributed by atoms with van der Waals surface area (Å²) in [5.74, 6) is 0.757. The van der Waals surface area contributed by atoms with Gasteiger partial charge in [0.2, 0.25) is 0 Å². The van der Waals surface area contributed by atoms with Crippen molar-refractivity contribution in [3.8, 4) is 11.4 Å². The predicted molar refractivity (Wildman–Crippen MR) is 126 cm³/mol. The van der Waals surface area contributed by atoms with Gasteiger partial charge in [-0.25, -0.2) is 0 Å². The molecule has 0 bridgehead atoms. The van der Waals surface area contributed by atoms with Crippen LogP contribution in [0.1, 0.15) is 64.8 Å². The van der Waals surface area contributed by atoms with Gasteiger partial charge in [-0.05, 0) is 52.2 Å². The fourth-order valence-corrected chi connectivity index (χ4v) is 5.38. The van der Waals surface area contributed by atoms with Crippen LogP contribution >= 0.6 is 11.8 Å². The Hall–Kier alpha value is -3.13. The maximum absolute atomic E-state index is 13.2. The molecular formula is C24H25N5O2S. The molecule has 1 saturated carbocycles. The number of hydrogen-bond donors (Lipinski definition) is 2. The molecule has 2 N–H and O–H groups in total. The molecule has 7 nitrogen and oxygen atoms in total. The van der Waals surface area contributed by atoms with Crippen molar-refractivity contribution in [2.75, 3.05) is 0 Å². The number of rotatable bonds is 7. The molecule has 1 aliphatic carbocycles. The van der Waals surface area contributed by atoms with Crippen LogP contribution in [-0.4, -0.2) is 41.5 Å². The number of carbonyl (C=O) groups excluding carboxylic acids is 2. The van der Waals surface area contributed by atoms with Crippen LogP contribution in [0.2, 0.25) is 0 Å². The Balaban J connectivity index is 1.47. The van der Waals surface area contributed by atoms with Gasteiger partial charge >= 0.3 is 0 Å². The molecule has 0 amide bonds. The molecule has 3 aromatic heterocycles. The summed E-state index contributed by atoms with van der Waals surface area (Å²) in [4.78, 5) is 31.6. The Bertz CT molecular complexity index is 1360. The topological polar surface area (TPSA) is 96.4 Å². The molecule has 0 saturated heterocycles. The molecule has 3 heterocycles. The minimum absolute atomic E-state index is 0.0348. The molecular weight excluding hydrogens is 422 g/mol. The quantitative estimate of drug-likeness (QED) is 0.297. The fraction of sp³-hybridized carbons (Fsp3) is 0.333. The SMILES string of the molecule is CC(=O)c1c(C)[nH]c(C(=O)[C@@H](C)Sc2nnc(-c3c[nH]c4ccccc34)n2C2CC2)c1C. The zero-order valence-corrected chi connectivity index (χ0v) is 19.3. The van der Waals surface area contributed by atoms with E-state index in [0.29, 0.717) is 17.3 Å². The van der Waals surface area contributed by atoms with Gasteiger partial charge < -0.3 is 9.97 Å². The lowest BCUT2D eigenvalue weighted by atomic mass is 10.0. The molecule has 1 aromatic carbocycles. The summed E-state index contributed by atoms with van der Waals surface area (Å²) in [6.45, 7) is 7.06. The van der Waals surface area contributed by atoms with Crippen molar-refractivity contribution < 1.29 is 9.59 Å². The number of aryl methyl sites for hydroxylation is 1. The summed E-state index contributed by atoms with van der Waals surface area (Å²) in [6, 6.07) is 8.50. The molecule has 0 spiro atoms. The van der Waals surface area contributed by atoms with Gasteiger partial charge in [0.05, 0.1) is 10.9 Å². The monoisotopic (exact) mass is 447 g/mol. The third-order valence-corrected chi connectivity index (χ3v) is 7.15. The van der Waals surface area contributed by atoms with Crippen molar-refractivity contribution >= 4 is 34.2 Å². The van der Waals surface area contributed by atoms with E-state index in [1.54, 1.807) is 0 Å². The molecule has 5 rings (SSSR count). The maximum atomic E-state index is 13.2. The second-order valence-corrected chi connectivity index (χ2v) is 9.77. The van der Waals surface area contributed by atoms with Gasteiger partial charge in [0, 0.05) is 40.0 Å². The average Bonchev–Trinajstić information content (AvgIpc) is 3.25. The van der Waals surface area contributed by atoms with Gasteiger partial charge in [0.25, 0.3) is 0 Å². The van der Waals surface area contributed by atoms with E-state index in [-0.39, 0.29) is 16.8 Å². The van der Waals surface area contributed by atoms with Crippen LogP contribution in [-0.2, 0) is 0 Å². The average molecular weight is 448 g/mol. The lowest BCUT2D eigenvalue weighted by Crippen LogP contribution is -2.16. The minimum Gasteiger partial charge on any atom is -0.360 e. The van der Waals surface area contributed by atoms with Gasteiger partial charge in [-0.3, -0.25) is 14.2 Å². The van der Waals surface area contributed by atoms with Crippen LogP contribution in [0.25, 0.3) is 22.3 Å². The number of aromatic nitrogens is 5. The molecule has 164 valence electrons. The van der Waals surface area contributed by atoms with Crippen LogP contribution in [0.15, 0.2) is 35.6 Å². The van der Waals surface area contributed by atoms with Crippen molar-refractivity contribution in [3.63, 3.8) is 0 Å². The van der Waals surface area contributed by atoms with E-state index >= 15 is 0 Å². The number of hydrogen-bond acceptors (Lipinski definition) is 5. The number of nitrogens with one attached hydrogen (secondary N) is 2. The van der Waals surface area contributed by atoms with Crippen LogP contribution in [0.4, 0.5) is 0 Å². The highest BCUT2D eigenvalue weighted by molar-refractivity contribution is 8.00. The van der Waals surface area contributed by atoms with Crippen LogP contribution in [0.5, 0.6) is 0 Å². The molecule has 4 aromatic rings. The third-order valence-electron chi connectivity index (χ3n) is 6.09. The number of H-pyrrole nitrogens is 2. The van der Waals surface area contributed by atoms with Gasteiger partial charge in [0.15, 0.2) is 22.5 Å². The normalized spacial score (nSPS) is 14.8. The summed E-state index contributed by atoms with van der Waals surface area (Å²) in [5.41, 5.74) is 4.64. The van der Waals surface area contributed by atoms with Gasteiger partial charge in [-0.2, -0.15) is 0 Å². The molecule has 1 fully saturated rings. The molecule has 1 atom stereocenters. The second kappa shape index (κ2) is 7.78. The van der Waals surface area contributed by atoms with Gasteiger partial charge in [-0.1, -0.05) is 30.0 Å². The summed E-state index contributed by atoms with van der Waals surface area (Å²) < 4.78 is 2.18. The highest BCUT2D eigenvalue weighted by Crippen LogP contribution is 2.43. The minimum atomic E-state index is -0.371. The van der Waals surface area contributed by atoms with Gasteiger partial charge in [0.1, 0.15) is 0 Å². The Labute approximate surface area is 190 Å². The third kappa shape index (κ3) is 3.39. The number of carbonyl (C=O) groups is 2. The van der Waals surface area contributed by atoms with E-state index < -0.39 is 0 Å². The van der Waals surface area contributed by atoms with Crippen LogP contribution in [0.3, 0.4) is 0 Å². The summed E-state index contributed by atoms with van der Waals surface area (Å²) >= 11 is 1.42. The zero-order chi connectivity index (χ0) is 22.6. The Morgan fingerprint density at radius 1 is 1.19 bits per heavy atom. The lowest BCUT2D eigenvalue weighted by molar-refractivity contribution is 0.0988. The molecule has 1 aliphatic rings. The number of thioether (sulfide) groups is 1. The van der Waals surface area contributed by atoms with E-state index in [1.165, 1.54) is 18.7 Å². The van der Waals surface area contributed by atoms with Crippen LogP contribution < -0.4 is 0 Å². The summed E-state index contributed by atoms with van der Waals surface area (Å²) in [5, 5.41) is 10.5. The van der Waals surface area contributed by atoms with E-state index in [0.717, 1.165) is 51.5 Å². The van der Waals surface area contributed by atoms with Crippen molar-refractivity contribution in [1.82, 2.24) is 24.7 Å². The first-order chi connectivity index (χ1) is 15.4.